The predicted octanol–water partition coefficient (Wildman–Crippen LogP) is 3.72. The number of hydrogen-bond donors (Lipinski definition) is 1. The van der Waals surface area contributed by atoms with E-state index < -0.39 is 0 Å². The van der Waals surface area contributed by atoms with Gasteiger partial charge in [-0.15, -0.1) is 0 Å². The van der Waals surface area contributed by atoms with Crippen molar-refractivity contribution in [3.05, 3.63) is 59.7 Å². The molecule has 0 bridgehead atoms. The summed E-state index contributed by atoms with van der Waals surface area (Å²) in [5.41, 5.74) is 3.50. The monoisotopic (exact) mass is 336 g/mol. The van der Waals surface area contributed by atoms with Gasteiger partial charge in [-0.25, -0.2) is 4.98 Å². The Morgan fingerprint density at radius 3 is 2.76 bits per heavy atom. The number of aromatic nitrogens is 3. The minimum Gasteiger partial charge on any atom is -0.346 e. The van der Waals surface area contributed by atoms with Gasteiger partial charge in [0.2, 0.25) is 0 Å². The van der Waals surface area contributed by atoms with Gasteiger partial charge in [-0.3, -0.25) is 9.78 Å². The van der Waals surface area contributed by atoms with E-state index in [1.807, 2.05) is 36.4 Å². The number of nitrogens with zero attached hydrogens (tertiary/aromatic N) is 3. The van der Waals surface area contributed by atoms with Crippen molar-refractivity contribution in [2.75, 3.05) is 0 Å². The zero-order chi connectivity index (χ0) is 17.6. The third-order valence-corrected chi connectivity index (χ3v) is 4.17. The van der Waals surface area contributed by atoms with Crippen LogP contribution in [0.25, 0.3) is 11.0 Å². The Hall–Kier alpha value is -2.69. The van der Waals surface area contributed by atoms with Crippen LogP contribution in [-0.4, -0.2) is 20.4 Å². The number of benzene rings is 1. The van der Waals surface area contributed by atoms with Crippen molar-refractivity contribution in [1.82, 2.24) is 19.9 Å². The first-order chi connectivity index (χ1) is 12.2. The predicted molar refractivity (Wildman–Crippen MR) is 99.4 cm³/mol. The topological polar surface area (TPSA) is 59.8 Å². The van der Waals surface area contributed by atoms with Crippen LogP contribution in [0, 0.1) is 0 Å². The molecule has 0 aliphatic heterocycles. The number of amides is 1. The molecule has 130 valence electrons. The second-order valence-electron chi connectivity index (χ2n) is 6.14. The molecule has 1 N–H and O–H groups in total. The van der Waals surface area contributed by atoms with E-state index in [-0.39, 0.29) is 5.91 Å². The van der Waals surface area contributed by atoms with Crippen LogP contribution in [0.15, 0.2) is 42.6 Å². The quantitative estimate of drug-likeness (QED) is 0.715. The lowest BCUT2D eigenvalue weighted by molar-refractivity contribution is 0.0950. The average molecular weight is 336 g/mol. The van der Waals surface area contributed by atoms with Crippen molar-refractivity contribution < 1.29 is 4.79 Å². The molecule has 2 heterocycles. The SMILES string of the molecule is CCCc1nc2ccc(C(=O)NCc3ccccn3)cc2n1CCC. The summed E-state index contributed by atoms with van der Waals surface area (Å²) >= 11 is 0. The summed E-state index contributed by atoms with van der Waals surface area (Å²) in [7, 11) is 0. The standard InChI is InChI=1S/C20H24N4O/c1-3-7-19-23-17-10-9-15(13-18(17)24(19)12-4-2)20(25)22-14-16-8-5-6-11-21-16/h5-6,8-11,13H,3-4,7,12,14H2,1-2H3,(H,22,25). The highest BCUT2D eigenvalue weighted by Crippen LogP contribution is 2.20. The summed E-state index contributed by atoms with van der Waals surface area (Å²) in [4.78, 5) is 21.5. The molecule has 3 aromatic rings. The van der Waals surface area contributed by atoms with Crippen LogP contribution >= 0.6 is 0 Å². The van der Waals surface area contributed by atoms with Gasteiger partial charge >= 0.3 is 0 Å². The molecule has 0 radical (unpaired) electrons. The normalized spacial score (nSPS) is 11.0. The molecule has 0 aliphatic carbocycles. The first-order valence-corrected chi connectivity index (χ1v) is 8.90. The van der Waals surface area contributed by atoms with E-state index in [1.54, 1.807) is 6.20 Å². The maximum atomic E-state index is 12.5. The minimum absolute atomic E-state index is 0.0890. The van der Waals surface area contributed by atoms with E-state index in [2.05, 4.69) is 28.7 Å². The van der Waals surface area contributed by atoms with Crippen molar-refractivity contribution in [2.45, 2.75) is 46.2 Å². The highest BCUT2D eigenvalue weighted by atomic mass is 16.1. The number of nitrogens with one attached hydrogen (secondary N) is 1. The Bertz CT molecular complexity index is 855. The summed E-state index contributed by atoms with van der Waals surface area (Å²) < 4.78 is 2.24. The molecule has 5 heteroatoms. The number of aryl methyl sites for hydroxylation is 2. The molecule has 25 heavy (non-hydrogen) atoms. The Kier molecular flexibility index (Phi) is 5.43. The van der Waals surface area contributed by atoms with Gasteiger partial charge in [0.15, 0.2) is 0 Å². The van der Waals surface area contributed by atoms with E-state index in [1.165, 1.54) is 0 Å². The number of imidazole rings is 1. The molecule has 0 saturated carbocycles. The van der Waals surface area contributed by atoms with Crippen LogP contribution in [0.5, 0.6) is 0 Å². The van der Waals surface area contributed by atoms with Crippen molar-refractivity contribution >= 4 is 16.9 Å². The summed E-state index contributed by atoms with van der Waals surface area (Å²) in [6, 6.07) is 11.4. The second-order valence-corrected chi connectivity index (χ2v) is 6.14. The highest BCUT2D eigenvalue weighted by Gasteiger charge is 2.13. The van der Waals surface area contributed by atoms with E-state index >= 15 is 0 Å². The maximum Gasteiger partial charge on any atom is 0.251 e. The molecule has 1 aromatic carbocycles. The van der Waals surface area contributed by atoms with Crippen LogP contribution in [0.2, 0.25) is 0 Å². The molecule has 0 unspecified atom stereocenters. The Morgan fingerprint density at radius 1 is 1.16 bits per heavy atom. The molecular formula is C20H24N4O. The number of carbonyl (C=O) groups is 1. The third kappa shape index (κ3) is 3.87. The van der Waals surface area contributed by atoms with Crippen LogP contribution < -0.4 is 5.32 Å². The first-order valence-electron chi connectivity index (χ1n) is 8.90. The lowest BCUT2D eigenvalue weighted by Crippen LogP contribution is -2.23. The summed E-state index contributed by atoms with van der Waals surface area (Å²) in [6.07, 6.45) is 4.78. The van der Waals surface area contributed by atoms with Crippen molar-refractivity contribution in [2.24, 2.45) is 0 Å². The summed E-state index contributed by atoms with van der Waals surface area (Å²) in [6.45, 7) is 5.66. The number of carbonyl (C=O) groups excluding carboxylic acids is 1. The van der Waals surface area contributed by atoms with Gasteiger partial charge in [-0.1, -0.05) is 19.9 Å². The van der Waals surface area contributed by atoms with Crippen molar-refractivity contribution in [3.8, 4) is 0 Å². The van der Waals surface area contributed by atoms with Crippen LogP contribution in [-0.2, 0) is 19.5 Å². The zero-order valence-electron chi connectivity index (χ0n) is 14.8. The molecule has 2 aromatic heterocycles. The van der Waals surface area contributed by atoms with Gasteiger partial charge in [0.1, 0.15) is 5.82 Å². The second kappa shape index (κ2) is 7.92. The third-order valence-electron chi connectivity index (χ3n) is 4.17. The fraction of sp³-hybridized carbons (Fsp3) is 0.350. The van der Waals surface area contributed by atoms with Gasteiger partial charge in [-0.05, 0) is 43.2 Å². The van der Waals surface area contributed by atoms with Crippen LogP contribution in [0.3, 0.4) is 0 Å². The Morgan fingerprint density at radius 2 is 2.04 bits per heavy atom. The molecule has 0 atom stereocenters. The highest BCUT2D eigenvalue weighted by molar-refractivity contribution is 5.97. The number of fused-ring (bicyclic) bond motifs is 1. The average Bonchev–Trinajstić information content (AvgIpc) is 2.98. The van der Waals surface area contributed by atoms with E-state index in [9.17, 15) is 4.79 Å². The fourth-order valence-electron chi connectivity index (χ4n) is 2.98. The maximum absolute atomic E-state index is 12.5. The largest absolute Gasteiger partial charge is 0.346 e. The smallest absolute Gasteiger partial charge is 0.251 e. The molecule has 0 saturated heterocycles. The number of hydrogen-bond acceptors (Lipinski definition) is 3. The molecule has 1 amide bonds. The molecule has 5 nitrogen and oxygen atoms in total. The molecule has 0 aliphatic rings. The molecule has 3 rings (SSSR count). The van der Waals surface area contributed by atoms with Gasteiger partial charge in [-0.2, -0.15) is 0 Å². The fourth-order valence-corrected chi connectivity index (χ4v) is 2.98. The number of rotatable bonds is 7. The van der Waals surface area contributed by atoms with E-state index in [0.29, 0.717) is 12.1 Å². The van der Waals surface area contributed by atoms with Crippen LogP contribution in [0.4, 0.5) is 0 Å². The van der Waals surface area contributed by atoms with E-state index in [4.69, 9.17) is 4.98 Å². The number of pyridine rings is 1. The molecule has 0 spiro atoms. The van der Waals surface area contributed by atoms with Crippen LogP contribution in [0.1, 0.15) is 48.6 Å². The van der Waals surface area contributed by atoms with Crippen molar-refractivity contribution in [3.63, 3.8) is 0 Å². The van der Waals surface area contributed by atoms with Gasteiger partial charge in [0.05, 0.1) is 23.3 Å². The minimum atomic E-state index is -0.0890. The first kappa shape index (κ1) is 17.1. The van der Waals surface area contributed by atoms with Gasteiger partial charge < -0.3 is 9.88 Å². The van der Waals surface area contributed by atoms with Gasteiger partial charge in [0, 0.05) is 24.7 Å². The summed E-state index contributed by atoms with van der Waals surface area (Å²) in [5, 5.41) is 2.93. The van der Waals surface area contributed by atoms with Gasteiger partial charge in [0.25, 0.3) is 5.91 Å². The lowest BCUT2D eigenvalue weighted by Gasteiger charge is -2.08. The molecule has 0 fully saturated rings. The zero-order valence-corrected chi connectivity index (χ0v) is 14.8. The summed E-state index contributed by atoms with van der Waals surface area (Å²) in [5.74, 6) is 1.01. The lowest BCUT2D eigenvalue weighted by atomic mass is 10.2. The van der Waals surface area contributed by atoms with Crippen molar-refractivity contribution in [1.29, 1.82) is 0 Å². The molecular weight excluding hydrogens is 312 g/mol. The van der Waals surface area contributed by atoms with E-state index in [0.717, 1.165) is 48.4 Å². The Balaban J connectivity index is 1.84. The Labute approximate surface area is 148 Å².